The molecule has 0 bridgehead atoms. The predicted molar refractivity (Wildman–Crippen MR) is 148 cm³/mol. The van der Waals surface area contributed by atoms with Crippen molar-refractivity contribution in [3.8, 4) is 5.75 Å². The maximum absolute atomic E-state index is 14.6. The molecule has 3 aromatic carbocycles. The highest BCUT2D eigenvalue weighted by molar-refractivity contribution is 6.17. The van der Waals surface area contributed by atoms with E-state index in [0.717, 1.165) is 16.8 Å². The second-order valence-electron chi connectivity index (χ2n) is 11.3. The van der Waals surface area contributed by atoms with Crippen molar-refractivity contribution in [2.45, 2.75) is 38.3 Å². The van der Waals surface area contributed by atoms with Crippen molar-refractivity contribution in [1.29, 1.82) is 0 Å². The summed E-state index contributed by atoms with van der Waals surface area (Å²) in [6, 6.07) is 20.8. The van der Waals surface area contributed by atoms with Crippen LogP contribution in [-0.2, 0) is 15.0 Å². The van der Waals surface area contributed by atoms with E-state index in [1.54, 1.807) is 19.2 Å². The number of nitrogens with one attached hydrogen (secondary N) is 1. The van der Waals surface area contributed by atoms with Gasteiger partial charge in [-0.25, -0.2) is 0 Å². The first-order valence-electron chi connectivity index (χ1n) is 12.9. The van der Waals surface area contributed by atoms with Crippen LogP contribution in [-0.4, -0.2) is 36.7 Å². The van der Waals surface area contributed by atoms with E-state index in [1.807, 2.05) is 98.5 Å². The van der Waals surface area contributed by atoms with Crippen LogP contribution in [0.3, 0.4) is 0 Å². The first-order valence-corrected chi connectivity index (χ1v) is 12.9. The van der Waals surface area contributed by atoms with Crippen LogP contribution in [0.5, 0.6) is 5.75 Å². The highest BCUT2D eigenvalue weighted by Gasteiger charge is 2.70. The number of Topliss-reactive ketones (excluding diaryl/α,β-unsaturated/α-hetero) is 2. The van der Waals surface area contributed by atoms with Gasteiger partial charge in [0.25, 0.3) is 0 Å². The average Bonchev–Trinajstić information content (AvgIpc) is 3.40. The number of ether oxygens (including phenoxy) is 1. The molecule has 6 heteroatoms. The number of hydrogen-bond acceptors (Lipinski definition) is 5. The maximum Gasteiger partial charge on any atom is 0.238 e. The lowest BCUT2D eigenvalue weighted by Crippen LogP contribution is -2.51. The number of hydrogen-bond donors (Lipinski definition) is 1. The van der Waals surface area contributed by atoms with Crippen LogP contribution in [0.15, 0.2) is 78.9 Å². The number of carbonyl (C=O) groups is 3. The third kappa shape index (κ3) is 3.22. The van der Waals surface area contributed by atoms with Crippen molar-refractivity contribution in [3.05, 3.63) is 95.6 Å². The average molecular weight is 507 g/mol. The van der Waals surface area contributed by atoms with E-state index in [-0.39, 0.29) is 17.5 Å². The molecule has 38 heavy (non-hydrogen) atoms. The molecule has 6 nitrogen and oxygen atoms in total. The quantitative estimate of drug-likeness (QED) is 0.487. The zero-order chi connectivity index (χ0) is 26.8. The minimum Gasteiger partial charge on any atom is -0.497 e. The zero-order valence-electron chi connectivity index (χ0n) is 21.9. The summed E-state index contributed by atoms with van der Waals surface area (Å²) in [5.74, 6) is -0.794. The van der Waals surface area contributed by atoms with Gasteiger partial charge in [0.15, 0.2) is 11.6 Å². The van der Waals surface area contributed by atoms with Crippen LogP contribution in [0, 0.1) is 11.3 Å². The lowest BCUT2D eigenvalue weighted by atomic mass is 9.63. The third-order valence-corrected chi connectivity index (χ3v) is 8.19. The molecule has 1 saturated heterocycles. The molecule has 3 aromatic rings. The van der Waals surface area contributed by atoms with E-state index in [9.17, 15) is 14.4 Å². The molecule has 6 rings (SSSR count). The summed E-state index contributed by atoms with van der Waals surface area (Å²) >= 11 is 0. The summed E-state index contributed by atoms with van der Waals surface area (Å²) in [7, 11) is 1.61. The smallest absolute Gasteiger partial charge is 0.238 e. The Labute approximate surface area is 222 Å². The molecule has 4 atom stereocenters. The Hall–Kier alpha value is -4.19. The number of para-hydroxylation sites is 1. The van der Waals surface area contributed by atoms with E-state index in [4.69, 9.17) is 4.74 Å². The normalized spacial score (nSPS) is 25.0. The Morgan fingerprint density at radius 1 is 0.974 bits per heavy atom. The van der Waals surface area contributed by atoms with Gasteiger partial charge in [-0.05, 0) is 29.8 Å². The fraction of sp³-hybridized carbons (Fsp3) is 0.281. The molecule has 0 radical (unpaired) electrons. The van der Waals surface area contributed by atoms with Crippen molar-refractivity contribution < 1.29 is 19.1 Å². The molecule has 1 N–H and O–H groups in total. The van der Waals surface area contributed by atoms with Crippen molar-refractivity contribution in [1.82, 2.24) is 0 Å². The Morgan fingerprint density at radius 3 is 2.39 bits per heavy atom. The van der Waals surface area contributed by atoms with Gasteiger partial charge in [-0.1, -0.05) is 81.5 Å². The minimum absolute atomic E-state index is 0.0806. The van der Waals surface area contributed by atoms with Gasteiger partial charge in [-0.3, -0.25) is 14.4 Å². The van der Waals surface area contributed by atoms with E-state index in [0.29, 0.717) is 17.0 Å². The Morgan fingerprint density at radius 2 is 1.68 bits per heavy atom. The Bertz CT molecular complexity index is 1500. The van der Waals surface area contributed by atoms with Crippen molar-refractivity contribution in [2.24, 2.45) is 11.3 Å². The van der Waals surface area contributed by atoms with Gasteiger partial charge in [0.1, 0.15) is 17.2 Å². The summed E-state index contributed by atoms with van der Waals surface area (Å²) in [6.07, 6.45) is 3.95. The molecule has 3 heterocycles. The van der Waals surface area contributed by atoms with Gasteiger partial charge >= 0.3 is 0 Å². The molecule has 0 aliphatic carbocycles. The lowest BCUT2D eigenvalue weighted by molar-refractivity contribution is -0.128. The van der Waals surface area contributed by atoms with Crippen LogP contribution in [0.2, 0.25) is 0 Å². The van der Waals surface area contributed by atoms with Crippen molar-refractivity contribution in [2.75, 3.05) is 17.3 Å². The zero-order valence-corrected chi connectivity index (χ0v) is 21.9. The van der Waals surface area contributed by atoms with Crippen LogP contribution < -0.4 is 15.0 Å². The number of nitrogens with zero attached hydrogens (tertiary/aromatic N) is 1. The number of fused-ring (bicyclic) bond motifs is 6. The number of methoxy groups -OCH3 is 1. The number of benzene rings is 3. The standard InChI is InChI=1S/C32H30N2O4/c1-31(2,3)29(36)27-26(28(35)19-10-6-5-7-11-19)32(22-12-8-9-13-23(22)33-30(32)37)25-17-14-20-18-21(38-4)15-16-24(20)34(25)27/h5-18,25-27H,1-4H3,(H,33,37)/t25-,26-,27-,32-/m1/s1. The van der Waals surface area contributed by atoms with Gasteiger partial charge in [0.05, 0.1) is 19.1 Å². The molecule has 0 aromatic heterocycles. The minimum atomic E-state index is -1.29. The first-order chi connectivity index (χ1) is 18.2. The summed E-state index contributed by atoms with van der Waals surface area (Å²) in [6.45, 7) is 5.62. The molecule has 1 amide bonds. The Balaban J connectivity index is 1.68. The van der Waals surface area contributed by atoms with Gasteiger partial charge in [0, 0.05) is 27.9 Å². The molecule has 0 unspecified atom stereocenters. The fourth-order valence-electron chi connectivity index (χ4n) is 6.51. The maximum atomic E-state index is 14.6. The number of amides is 1. The molecular formula is C32H30N2O4. The molecule has 1 fully saturated rings. The number of rotatable bonds is 4. The van der Waals surface area contributed by atoms with E-state index >= 15 is 0 Å². The lowest BCUT2D eigenvalue weighted by Gasteiger charge is -2.38. The summed E-state index contributed by atoms with van der Waals surface area (Å²) < 4.78 is 5.46. The van der Waals surface area contributed by atoms with Crippen LogP contribution in [0.25, 0.3) is 6.08 Å². The van der Waals surface area contributed by atoms with Gasteiger partial charge in [-0.15, -0.1) is 0 Å². The summed E-state index contributed by atoms with van der Waals surface area (Å²) in [5, 5.41) is 3.06. The fourth-order valence-corrected chi connectivity index (χ4v) is 6.51. The Kier molecular flexibility index (Phi) is 5.35. The summed E-state index contributed by atoms with van der Waals surface area (Å²) in [5.41, 5.74) is 1.56. The number of ketones is 2. The molecule has 0 saturated carbocycles. The predicted octanol–water partition coefficient (Wildman–Crippen LogP) is 5.28. The molecule has 192 valence electrons. The van der Waals surface area contributed by atoms with Crippen LogP contribution in [0.4, 0.5) is 11.4 Å². The first kappa shape index (κ1) is 24.2. The number of carbonyl (C=O) groups excluding carboxylic acids is 3. The highest BCUT2D eigenvalue weighted by atomic mass is 16.5. The SMILES string of the molecule is COc1ccc2c(c1)C=C[C@H]1N2[C@@H](C(=O)C(C)(C)C)[C@H](C(=O)c2ccccc2)[C@]12C(=O)Nc1ccccc12. The largest absolute Gasteiger partial charge is 0.497 e. The van der Waals surface area contributed by atoms with E-state index < -0.39 is 28.8 Å². The van der Waals surface area contributed by atoms with Crippen molar-refractivity contribution in [3.63, 3.8) is 0 Å². The molecule has 3 aliphatic rings. The van der Waals surface area contributed by atoms with Crippen LogP contribution in [0.1, 0.15) is 42.3 Å². The van der Waals surface area contributed by atoms with Crippen molar-refractivity contribution >= 4 is 34.9 Å². The second kappa shape index (κ2) is 8.42. The molecule has 3 aliphatic heterocycles. The number of anilines is 2. The monoisotopic (exact) mass is 506 g/mol. The molecule has 1 spiro atoms. The molecular weight excluding hydrogens is 476 g/mol. The second-order valence-corrected chi connectivity index (χ2v) is 11.3. The van der Waals surface area contributed by atoms with E-state index in [1.165, 1.54) is 0 Å². The van der Waals surface area contributed by atoms with Gasteiger partial charge < -0.3 is 15.0 Å². The highest BCUT2D eigenvalue weighted by Crippen LogP contribution is 2.58. The van der Waals surface area contributed by atoms with Gasteiger partial charge in [0.2, 0.25) is 5.91 Å². The topological polar surface area (TPSA) is 75.7 Å². The summed E-state index contributed by atoms with van der Waals surface area (Å²) in [4.78, 5) is 45.2. The third-order valence-electron chi connectivity index (χ3n) is 8.19. The van der Waals surface area contributed by atoms with Gasteiger partial charge in [-0.2, -0.15) is 0 Å². The van der Waals surface area contributed by atoms with Crippen LogP contribution >= 0.6 is 0 Å². The van der Waals surface area contributed by atoms with E-state index in [2.05, 4.69) is 5.32 Å².